The van der Waals surface area contributed by atoms with Crippen molar-refractivity contribution < 1.29 is 159 Å². The van der Waals surface area contributed by atoms with Crippen molar-refractivity contribution in [2.75, 3.05) is 0 Å². The smallest absolute Gasteiger partial charge is 0.261 e. The molecule has 0 aromatic heterocycles. The van der Waals surface area contributed by atoms with E-state index in [9.17, 15) is 0 Å². The summed E-state index contributed by atoms with van der Waals surface area (Å²) in [5.74, 6) is 3.39. The van der Waals surface area contributed by atoms with Gasteiger partial charge < -0.3 is 28.4 Å². The van der Waals surface area contributed by atoms with Gasteiger partial charge in [-0.3, -0.25) is 0 Å². The summed E-state index contributed by atoms with van der Waals surface area (Å²) in [4.78, 5) is 0. The Labute approximate surface area is 675 Å². The van der Waals surface area contributed by atoms with Crippen LogP contribution in [0.5, 0.6) is 34.5 Å². The van der Waals surface area contributed by atoms with Gasteiger partial charge in [-0.25, -0.2) is 0 Å². The summed E-state index contributed by atoms with van der Waals surface area (Å²) in [5.41, 5.74) is 6.10. The fourth-order valence-corrected chi connectivity index (χ4v) is 10.7. The first-order valence-electron chi connectivity index (χ1n) is 31.9. The fourth-order valence-electron chi connectivity index (χ4n) is 10.7. The normalized spacial score (nSPS) is 20.0. The summed E-state index contributed by atoms with van der Waals surface area (Å²) < 4.78 is 36.4. The molecule has 10 heteroatoms. The van der Waals surface area contributed by atoms with Crippen LogP contribution in [0.15, 0.2) is 243 Å². The van der Waals surface area contributed by atoms with E-state index in [4.69, 9.17) is 28.4 Å². The van der Waals surface area contributed by atoms with E-state index in [1.807, 2.05) is 322 Å². The van der Waals surface area contributed by atoms with Crippen LogP contribution in [0.25, 0.3) is 0 Å². The number of ether oxygens (including phenoxy) is 6. The van der Waals surface area contributed by atoms with Crippen LogP contribution in [0, 0.1) is 48.5 Å². The Hall–Kier alpha value is -4.58. The first-order valence-corrected chi connectivity index (χ1v) is 31.9. The summed E-state index contributed by atoms with van der Waals surface area (Å²) >= 11 is 0. The van der Waals surface area contributed by atoms with Crippen LogP contribution in [0.1, 0.15) is 165 Å². The van der Waals surface area contributed by atoms with Crippen LogP contribution in [0.3, 0.4) is 0 Å². The van der Waals surface area contributed by atoms with Crippen LogP contribution < -0.4 is 28.4 Å². The number of para-hydroxylation sites is 2. The van der Waals surface area contributed by atoms with E-state index in [1.165, 1.54) is 11.1 Å². The minimum absolute atomic E-state index is 0. The SMILES string of the molecule is C.CC.CC.CC.CC.CC.CC.CC12Oc3cc[c-]cc3C1(C)c1c[c-]ccc1O2.CC12Oc3cc[c-]cc3C1(C)c1c[c-]ccc1O2.CC12Oc3ccccc3C1(C)c1ccccc1O2.[Y].[Y].[Y].[Y].[c-]1ccccc1.[c-]1ccccc1.[c-]1ccccc1.[c-]1ccccc1. The van der Waals surface area contributed by atoms with Crippen molar-refractivity contribution in [2.45, 2.75) is 166 Å². The molecule has 0 unspecified atom stereocenters. The molecule has 0 atom stereocenters. The second kappa shape index (κ2) is 47.4. The molecule has 0 saturated carbocycles. The molecule has 10 aromatic rings. The minimum atomic E-state index is -0.679. The van der Waals surface area contributed by atoms with Gasteiger partial charge in [0, 0.05) is 197 Å². The van der Waals surface area contributed by atoms with E-state index in [2.05, 4.69) is 93.6 Å². The Morgan fingerprint density at radius 3 is 0.568 bits per heavy atom. The van der Waals surface area contributed by atoms with Gasteiger partial charge in [0.1, 0.15) is 16.9 Å². The van der Waals surface area contributed by atoms with E-state index in [1.54, 1.807) is 0 Å². The minimum Gasteiger partial charge on any atom is -0.479 e. The summed E-state index contributed by atoms with van der Waals surface area (Å²) in [6, 6.07) is 102. The Morgan fingerprint density at radius 2 is 0.389 bits per heavy atom. The monoisotopic (exact) mass is 1570 g/mol. The van der Waals surface area contributed by atoms with E-state index >= 15 is 0 Å². The molecule has 0 bridgehead atoms. The van der Waals surface area contributed by atoms with Crippen LogP contribution >= 0.6 is 0 Å². The van der Waals surface area contributed by atoms with Gasteiger partial charge in [-0.1, -0.05) is 141 Å². The van der Waals surface area contributed by atoms with Crippen LogP contribution in [0.4, 0.5) is 0 Å². The third kappa shape index (κ3) is 21.5. The molecule has 0 N–H and O–H groups in total. The van der Waals surface area contributed by atoms with Gasteiger partial charge in [0.15, 0.2) is 0 Å². The topological polar surface area (TPSA) is 55.4 Å². The van der Waals surface area contributed by atoms with Gasteiger partial charge in [-0.15, -0.1) is 46.5 Å². The molecule has 0 aliphatic carbocycles. The van der Waals surface area contributed by atoms with Crippen molar-refractivity contribution in [1.29, 1.82) is 0 Å². The van der Waals surface area contributed by atoms with Crippen molar-refractivity contribution >= 4 is 0 Å². The second-order valence-electron chi connectivity index (χ2n) is 19.8. The number of hydrogen-bond acceptors (Lipinski definition) is 6. The number of rotatable bonds is 0. The molecule has 0 spiro atoms. The predicted molar refractivity (Wildman–Crippen MR) is 378 cm³/mol. The average molecular weight is 1570 g/mol. The molecule has 494 valence electrons. The van der Waals surface area contributed by atoms with E-state index in [0.29, 0.717) is 0 Å². The maximum absolute atomic E-state index is 6.08. The molecule has 6 heterocycles. The second-order valence-corrected chi connectivity index (χ2v) is 19.8. The number of fused-ring (bicyclic) bond motifs is 15. The third-order valence-corrected chi connectivity index (χ3v) is 15.3. The third-order valence-electron chi connectivity index (χ3n) is 15.3. The predicted octanol–water partition coefficient (Wildman–Crippen LogP) is 22.4. The molecule has 6 nitrogen and oxygen atoms in total. The molecule has 0 fully saturated rings. The Morgan fingerprint density at radius 1 is 0.211 bits per heavy atom. The standard InChI is InChI=1S/C16H14O2.2C16H12O2.4C6H5.6C2H6.CH4.4Y/c3*1-15-11-7-3-5-9-13(11)17-16(15,2)18-14-10-6-4-8-12(14)15;4*1-2-4-6-5-3-1;6*1-2;;;;;/h3-10H,1-2H3;2*5-10H,1-2H3;4*1-5H;6*1-2H3;1H4;;;;/q;2*-2;4*-1;;;;;;;;;;;. The fraction of sp³-hybridized carbons (Fsp3) is 0.294. The van der Waals surface area contributed by atoms with Crippen molar-refractivity contribution in [3.63, 3.8) is 0 Å². The summed E-state index contributed by atoms with van der Waals surface area (Å²) in [7, 11) is 0. The summed E-state index contributed by atoms with van der Waals surface area (Å²) in [5, 5.41) is 0. The zero-order valence-electron chi connectivity index (χ0n) is 58.9. The first-order chi connectivity index (χ1) is 44.0. The van der Waals surface area contributed by atoms with Gasteiger partial charge >= 0.3 is 0 Å². The van der Waals surface area contributed by atoms with Crippen LogP contribution in [-0.4, -0.2) is 17.4 Å². The molecule has 16 rings (SSSR count). The van der Waals surface area contributed by atoms with E-state index < -0.39 is 17.4 Å². The van der Waals surface area contributed by atoms with E-state index in [-0.39, 0.29) is 155 Å². The molecular weight excluding hydrogens is 1470 g/mol. The average Bonchev–Trinajstić information content (AvgIpc) is 1.56. The quantitative estimate of drug-likeness (QED) is 0.141. The van der Waals surface area contributed by atoms with Crippen molar-refractivity contribution in [1.82, 2.24) is 0 Å². The van der Waals surface area contributed by atoms with Crippen molar-refractivity contribution in [3.8, 4) is 34.5 Å². The molecule has 6 aliphatic heterocycles. The van der Waals surface area contributed by atoms with Gasteiger partial charge in [0.25, 0.3) is 5.79 Å². The Kier molecular flexibility index (Phi) is 46.2. The molecular formula is C85H98O6Y4-8. The van der Waals surface area contributed by atoms with Crippen molar-refractivity contribution in [2.24, 2.45) is 0 Å². The Balaban J connectivity index is 0. The van der Waals surface area contributed by atoms with Gasteiger partial charge in [-0.05, 0) is 19.1 Å². The van der Waals surface area contributed by atoms with Crippen molar-refractivity contribution in [3.05, 3.63) is 325 Å². The molecule has 6 aliphatic rings. The Bertz CT molecular complexity index is 2900. The summed E-state index contributed by atoms with van der Waals surface area (Å²) in [6.45, 7) is 36.5. The van der Waals surface area contributed by atoms with Crippen LogP contribution in [0.2, 0.25) is 0 Å². The molecule has 0 saturated heterocycles. The van der Waals surface area contributed by atoms with Gasteiger partial charge in [0.2, 0.25) is 11.6 Å². The molecule has 95 heavy (non-hydrogen) atoms. The first kappa shape index (κ1) is 92.5. The zero-order valence-corrected chi connectivity index (χ0v) is 70.2. The maximum atomic E-state index is 6.08. The summed E-state index contributed by atoms with van der Waals surface area (Å²) in [6.07, 6.45) is 0. The number of hydrogen-bond donors (Lipinski definition) is 0. The zero-order chi connectivity index (χ0) is 66.1. The van der Waals surface area contributed by atoms with Crippen LogP contribution in [-0.2, 0) is 147 Å². The van der Waals surface area contributed by atoms with E-state index in [0.717, 1.165) is 56.8 Å². The maximum Gasteiger partial charge on any atom is 0.261 e. The van der Waals surface area contributed by atoms with Gasteiger partial charge in [-0.2, -0.15) is 218 Å². The molecule has 10 aromatic carbocycles. The molecule has 0 amide bonds. The molecule has 4 radical (unpaired) electrons. The van der Waals surface area contributed by atoms with Gasteiger partial charge in [0.05, 0.1) is 0 Å². The largest absolute Gasteiger partial charge is 0.479 e. The number of benzene rings is 10.